The number of carbonyl (C=O) groups is 2. The molecular formula is C39H65NO4. The van der Waals surface area contributed by atoms with Crippen LogP contribution >= 0.6 is 0 Å². The van der Waals surface area contributed by atoms with Crippen LogP contribution in [-0.4, -0.2) is 36.2 Å². The summed E-state index contributed by atoms with van der Waals surface area (Å²) in [5, 5.41) is 14.0. The molecule has 0 amide bonds. The first kappa shape index (κ1) is 34.0. The van der Waals surface area contributed by atoms with Crippen molar-refractivity contribution in [3.8, 4) is 0 Å². The van der Waals surface area contributed by atoms with Gasteiger partial charge >= 0.3 is 11.9 Å². The molecule has 0 heterocycles. The summed E-state index contributed by atoms with van der Waals surface area (Å²) >= 11 is 0. The third kappa shape index (κ3) is 5.22. The van der Waals surface area contributed by atoms with Crippen molar-refractivity contribution in [2.75, 3.05) is 13.1 Å². The van der Waals surface area contributed by atoms with E-state index in [1.165, 1.54) is 37.7 Å². The van der Waals surface area contributed by atoms with Crippen LogP contribution in [0.1, 0.15) is 145 Å². The van der Waals surface area contributed by atoms with Crippen molar-refractivity contribution >= 4 is 11.9 Å². The molecule has 0 aromatic carbocycles. The molecule has 44 heavy (non-hydrogen) atoms. The Kier molecular flexibility index (Phi) is 9.54. The third-order valence-electron chi connectivity index (χ3n) is 15.4. The van der Waals surface area contributed by atoms with Gasteiger partial charge in [0.05, 0.1) is 12.0 Å². The molecule has 10 atom stereocenters. The predicted molar refractivity (Wildman–Crippen MR) is 178 cm³/mol. The molecule has 4 fully saturated rings. The minimum atomic E-state index is -0.588. The second-order valence-electron chi connectivity index (χ2n) is 17.5. The lowest BCUT2D eigenvalue weighted by molar-refractivity contribution is -0.214. The molecular weight excluding hydrogens is 546 g/mol. The number of ether oxygens (including phenoxy) is 1. The third-order valence-corrected chi connectivity index (χ3v) is 15.4. The molecule has 5 aliphatic carbocycles. The first-order valence-electron chi connectivity index (χ1n) is 18.5. The Morgan fingerprint density at radius 2 is 1.64 bits per heavy atom. The van der Waals surface area contributed by atoms with Gasteiger partial charge in [0.1, 0.15) is 6.10 Å². The van der Waals surface area contributed by atoms with E-state index in [0.29, 0.717) is 30.2 Å². The van der Waals surface area contributed by atoms with Gasteiger partial charge in [-0.05, 0) is 117 Å². The topological polar surface area (TPSA) is 75.6 Å². The number of rotatable bonds is 10. The molecule has 0 aromatic rings. The van der Waals surface area contributed by atoms with E-state index in [1.807, 2.05) is 0 Å². The van der Waals surface area contributed by atoms with Crippen LogP contribution in [0.3, 0.4) is 0 Å². The van der Waals surface area contributed by atoms with Gasteiger partial charge in [-0.25, -0.2) is 0 Å². The molecule has 0 aromatic heterocycles. The van der Waals surface area contributed by atoms with Gasteiger partial charge in [0, 0.05) is 5.41 Å². The molecule has 0 spiro atoms. The van der Waals surface area contributed by atoms with Gasteiger partial charge < -0.3 is 15.2 Å². The normalized spacial score (nSPS) is 44.3. The van der Waals surface area contributed by atoms with Gasteiger partial charge in [0.15, 0.2) is 0 Å². The molecule has 0 aliphatic heterocycles. The van der Waals surface area contributed by atoms with E-state index in [-0.39, 0.29) is 39.7 Å². The van der Waals surface area contributed by atoms with Crippen LogP contribution in [0.2, 0.25) is 0 Å². The van der Waals surface area contributed by atoms with Crippen LogP contribution < -0.4 is 5.32 Å². The lowest BCUT2D eigenvalue weighted by Crippen LogP contribution is -2.65. The summed E-state index contributed by atoms with van der Waals surface area (Å²) in [4.78, 5) is 25.9. The Morgan fingerprint density at radius 3 is 2.34 bits per heavy atom. The van der Waals surface area contributed by atoms with Gasteiger partial charge in [-0.15, -0.1) is 0 Å². The molecule has 5 rings (SSSR count). The minimum absolute atomic E-state index is 0.0362. The van der Waals surface area contributed by atoms with E-state index in [1.54, 1.807) is 0 Å². The lowest BCUT2D eigenvalue weighted by atomic mass is 9.33. The fourth-order valence-electron chi connectivity index (χ4n) is 12.3. The number of aliphatic carboxylic acids is 1. The molecule has 0 unspecified atom stereocenters. The van der Waals surface area contributed by atoms with E-state index in [4.69, 9.17) is 4.74 Å². The van der Waals surface area contributed by atoms with Crippen molar-refractivity contribution < 1.29 is 19.4 Å². The predicted octanol–water partition coefficient (Wildman–Crippen LogP) is 9.20. The summed E-state index contributed by atoms with van der Waals surface area (Å²) in [5.41, 5.74) is 1.20. The van der Waals surface area contributed by atoms with Crippen LogP contribution in [-0.2, 0) is 14.3 Å². The summed E-state index contributed by atoms with van der Waals surface area (Å²) in [6.07, 6.45) is 17.8. The first-order valence-corrected chi connectivity index (χ1v) is 18.5. The highest BCUT2D eigenvalue weighted by molar-refractivity contribution is 5.76. The zero-order valence-electron chi connectivity index (χ0n) is 29.5. The quantitative estimate of drug-likeness (QED) is 0.146. The average Bonchev–Trinajstić information content (AvgIpc) is 2.96. The van der Waals surface area contributed by atoms with Gasteiger partial charge in [-0.2, -0.15) is 0 Å². The first-order chi connectivity index (χ1) is 20.7. The maximum Gasteiger partial charge on any atom is 0.320 e. The van der Waals surface area contributed by atoms with Crippen molar-refractivity contribution in [2.24, 2.45) is 56.7 Å². The molecule has 0 bridgehead atoms. The molecule has 0 radical (unpaired) electrons. The maximum absolute atomic E-state index is 13.0. The number of allylic oxidation sites excluding steroid dienone is 2. The van der Waals surface area contributed by atoms with Crippen LogP contribution in [0, 0.1) is 56.7 Å². The molecule has 5 nitrogen and oxygen atoms in total. The second kappa shape index (κ2) is 12.3. The van der Waals surface area contributed by atoms with Crippen molar-refractivity contribution in [1.29, 1.82) is 0 Å². The SMILES string of the molecule is CCCCCCCNCC(=O)O[C@H]1CC[C@]2(C)[C@H]3CC=C4[C@@H]5[C@@H](C)[C@H](C)CC[C@]5(C(=O)O)CC[C@@]4(C)[C@]3(C)CC[C@H]2C1(C)C. The van der Waals surface area contributed by atoms with Crippen molar-refractivity contribution in [3.63, 3.8) is 0 Å². The number of fused-ring (bicyclic) bond motifs is 7. The Hall–Kier alpha value is -1.36. The maximum atomic E-state index is 13.0. The highest BCUT2D eigenvalue weighted by atomic mass is 16.5. The average molecular weight is 612 g/mol. The summed E-state index contributed by atoms with van der Waals surface area (Å²) in [6, 6.07) is 0. The summed E-state index contributed by atoms with van der Waals surface area (Å²) in [6.45, 7) is 20.5. The van der Waals surface area contributed by atoms with Crippen molar-refractivity contribution in [2.45, 2.75) is 151 Å². The zero-order valence-corrected chi connectivity index (χ0v) is 29.5. The Labute approximate surface area is 269 Å². The fourth-order valence-corrected chi connectivity index (χ4v) is 12.3. The Balaban J connectivity index is 1.33. The van der Waals surface area contributed by atoms with Crippen molar-refractivity contribution in [3.05, 3.63) is 11.6 Å². The minimum Gasteiger partial charge on any atom is -0.481 e. The van der Waals surface area contributed by atoms with Crippen LogP contribution in [0.5, 0.6) is 0 Å². The molecule has 0 saturated heterocycles. The molecule has 4 saturated carbocycles. The van der Waals surface area contributed by atoms with Gasteiger partial charge in [0.25, 0.3) is 0 Å². The van der Waals surface area contributed by atoms with E-state index >= 15 is 0 Å². The van der Waals surface area contributed by atoms with Crippen molar-refractivity contribution in [1.82, 2.24) is 5.32 Å². The summed E-state index contributed by atoms with van der Waals surface area (Å²) in [7, 11) is 0. The molecule has 5 heteroatoms. The van der Waals surface area contributed by atoms with Crippen LogP contribution in [0.25, 0.3) is 0 Å². The van der Waals surface area contributed by atoms with E-state index in [0.717, 1.165) is 64.3 Å². The molecule has 5 aliphatic rings. The molecule has 2 N–H and O–H groups in total. The number of hydrogen-bond donors (Lipinski definition) is 2. The van der Waals surface area contributed by atoms with E-state index in [9.17, 15) is 14.7 Å². The smallest absolute Gasteiger partial charge is 0.320 e. The zero-order chi connectivity index (χ0) is 32.1. The summed E-state index contributed by atoms with van der Waals surface area (Å²) < 4.78 is 6.26. The number of carboxylic acids is 1. The van der Waals surface area contributed by atoms with Crippen LogP contribution in [0.4, 0.5) is 0 Å². The fraction of sp³-hybridized carbons (Fsp3) is 0.897. The number of esters is 1. The van der Waals surface area contributed by atoms with E-state index < -0.39 is 11.4 Å². The standard InChI is InChI=1S/C39H65NO4/c1-9-10-11-12-13-24-40-25-32(41)44-31-18-19-36(6)29(35(31,4)5)17-20-38(8)30(36)15-14-28-33-27(3)26(2)16-21-39(33,34(42)43)23-22-37(28,38)7/h14,26-27,29-31,33,40H,9-13,15-25H2,1-8H3,(H,42,43)/t26-,27+,29+,30-,31+,33+,36+,37-,38-,39+/m1/s1. The highest BCUT2D eigenvalue weighted by Gasteiger charge is 2.69. The number of unbranched alkanes of at least 4 members (excludes halogenated alkanes) is 4. The second-order valence-corrected chi connectivity index (χ2v) is 17.5. The number of hydrogen-bond acceptors (Lipinski definition) is 4. The van der Waals surface area contributed by atoms with E-state index in [2.05, 4.69) is 66.8 Å². The number of carboxylic acid groups (broad SMARTS) is 1. The lowest BCUT2D eigenvalue weighted by Gasteiger charge is -2.71. The number of carbonyl (C=O) groups excluding carboxylic acids is 1. The largest absolute Gasteiger partial charge is 0.481 e. The Bertz CT molecular complexity index is 1110. The van der Waals surface area contributed by atoms with Crippen LogP contribution in [0.15, 0.2) is 11.6 Å². The highest BCUT2D eigenvalue weighted by Crippen LogP contribution is 2.75. The monoisotopic (exact) mass is 611 g/mol. The van der Waals surface area contributed by atoms with Gasteiger partial charge in [-0.1, -0.05) is 92.7 Å². The van der Waals surface area contributed by atoms with Gasteiger partial charge in [0.2, 0.25) is 0 Å². The van der Waals surface area contributed by atoms with Gasteiger partial charge in [-0.3, -0.25) is 9.59 Å². The Morgan fingerprint density at radius 1 is 0.909 bits per heavy atom. The molecule has 250 valence electrons. The number of nitrogens with one attached hydrogen (secondary N) is 1. The summed E-state index contributed by atoms with van der Waals surface area (Å²) in [5.74, 6) is 1.53.